The number of carbonyl (C=O) groups excluding carboxylic acids is 1. The van der Waals surface area contributed by atoms with Gasteiger partial charge >= 0.3 is 0 Å². The fourth-order valence-electron chi connectivity index (χ4n) is 1.67. The highest BCUT2D eigenvalue weighted by Gasteiger charge is 2.21. The van der Waals surface area contributed by atoms with E-state index < -0.39 is 0 Å². The number of piperazine rings is 1. The van der Waals surface area contributed by atoms with Crippen molar-refractivity contribution in [2.24, 2.45) is 5.73 Å². The Labute approximate surface area is 85.8 Å². The molecule has 0 saturated carbocycles. The van der Waals surface area contributed by atoms with Gasteiger partial charge in [-0.25, -0.2) is 0 Å². The lowest BCUT2D eigenvalue weighted by molar-refractivity contribution is -0.133. The second-order valence-corrected chi connectivity index (χ2v) is 3.82. The van der Waals surface area contributed by atoms with Gasteiger partial charge in [0.05, 0.1) is 6.04 Å². The summed E-state index contributed by atoms with van der Waals surface area (Å²) in [5.74, 6) is 0.125. The van der Waals surface area contributed by atoms with Crippen LogP contribution in [0.4, 0.5) is 0 Å². The predicted octanol–water partition coefficient (Wildman–Crippen LogP) is -0.0643. The number of carbonyl (C=O) groups is 1. The first-order valence-corrected chi connectivity index (χ1v) is 5.50. The molecule has 1 amide bonds. The van der Waals surface area contributed by atoms with Gasteiger partial charge in [0.25, 0.3) is 0 Å². The fraction of sp³-hybridized carbons (Fsp3) is 0.900. The number of nitrogens with two attached hydrogens (primary N) is 1. The molecule has 0 bridgehead atoms. The van der Waals surface area contributed by atoms with Crippen molar-refractivity contribution in [3.63, 3.8) is 0 Å². The first-order chi connectivity index (χ1) is 6.75. The summed E-state index contributed by atoms with van der Waals surface area (Å²) >= 11 is 0. The van der Waals surface area contributed by atoms with E-state index in [1.54, 1.807) is 0 Å². The summed E-state index contributed by atoms with van der Waals surface area (Å²) in [6.45, 7) is 5.51. The highest BCUT2D eigenvalue weighted by atomic mass is 16.2. The molecule has 4 heteroatoms. The van der Waals surface area contributed by atoms with Crippen molar-refractivity contribution >= 4 is 5.91 Å². The molecule has 1 rings (SSSR count). The van der Waals surface area contributed by atoms with Crippen LogP contribution in [0.2, 0.25) is 0 Å². The Balaban J connectivity index is 2.30. The van der Waals surface area contributed by atoms with E-state index in [-0.39, 0.29) is 11.9 Å². The molecule has 1 atom stereocenters. The van der Waals surface area contributed by atoms with Crippen LogP contribution in [0.25, 0.3) is 0 Å². The molecule has 0 spiro atoms. The molecule has 1 aliphatic heterocycles. The van der Waals surface area contributed by atoms with Crippen LogP contribution in [0.3, 0.4) is 0 Å². The molecule has 82 valence electrons. The first-order valence-electron chi connectivity index (χ1n) is 5.50. The molecule has 0 aliphatic carbocycles. The quantitative estimate of drug-likeness (QED) is 0.666. The highest BCUT2D eigenvalue weighted by molar-refractivity contribution is 5.81. The van der Waals surface area contributed by atoms with Gasteiger partial charge in [-0.15, -0.1) is 0 Å². The van der Waals surface area contributed by atoms with Crippen molar-refractivity contribution in [3.05, 3.63) is 0 Å². The molecule has 0 radical (unpaired) electrons. The maximum atomic E-state index is 11.8. The van der Waals surface area contributed by atoms with Crippen molar-refractivity contribution in [1.29, 1.82) is 0 Å². The third kappa shape index (κ3) is 3.27. The van der Waals surface area contributed by atoms with Crippen LogP contribution in [0.5, 0.6) is 0 Å². The molecular weight excluding hydrogens is 178 g/mol. The van der Waals surface area contributed by atoms with Crippen molar-refractivity contribution in [2.75, 3.05) is 26.2 Å². The van der Waals surface area contributed by atoms with E-state index in [1.165, 1.54) is 0 Å². The van der Waals surface area contributed by atoms with E-state index in [9.17, 15) is 4.79 Å². The van der Waals surface area contributed by atoms with Crippen LogP contribution in [-0.2, 0) is 4.79 Å². The molecule has 4 nitrogen and oxygen atoms in total. The zero-order chi connectivity index (χ0) is 10.4. The molecule has 1 aliphatic rings. The molecule has 1 saturated heterocycles. The number of unbranched alkanes of at least 4 members (excludes halogenated alkanes) is 1. The molecule has 3 N–H and O–H groups in total. The normalized spacial score (nSPS) is 19.4. The largest absolute Gasteiger partial charge is 0.339 e. The Bertz CT molecular complexity index is 178. The Morgan fingerprint density at radius 2 is 2.14 bits per heavy atom. The smallest absolute Gasteiger partial charge is 0.239 e. The van der Waals surface area contributed by atoms with Gasteiger partial charge in [0.2, 0.25) is 5.91 Å². The van der Waals surface area contributed by atoms with Crippen LogP contribution in [-0.4, -0.2) is 43.0 Å². The van der Waals surface area contributed by atoms with Crippen molar-refractivity contribution in [2.45, 2.75) is 32.2 Å². The Hall–Kier alpha value is -0.610. The van der Waals surface area contributed by atoms with Gasteiger partial charge in [-0.05, 0) is 6.42 Å². The van der Waals surface area contributed by atoms with E-state index in [0.717, 1.165) is 45.4 Å². The zero-order valence-electron chi connectivity index (χ0n) is 8.96. The maximum absolute atomic E-state index is 11.8. The lowest BCUT2D eigenvalue weighted by Crippen LogP contribution is -2.51. The van der Waals surface area contributed by atoms with Crippen LogP contribution in [0, 0.1) is 0 Å². The average Bonchev–Trinajstić information content (AvgIpc) is 2.26. The van der Waals surface area contributed by atoms with Crippen LogP contribution >= 0.6 is 0 Å². The Kier molecular flexibility index (Phi) is 4.90. The van der Waals surface area contributed by atoms with E-state index in [1.807, 2.05) is 4.90 Å². The van der Waals surface area contributed by atoms with Crippen molar-refractivity contribution in [1.82, 2.24) is 10.2 Å². The SMILES string of the molecule is CCCC[C@H](N)C(=O)N1CCNCC1. The molecule has 1 fully saturated rings. The minimum Gasteiger partial charge on any atom is -0.339 e. The summed E-state index contributed by atoms with van der Waals surface area (Å²) in [5, 5.41) is 3.22. The number of amides is 1. The fourth-order valence-corrected chi connectivity index (χ4v) is 1.67. The summed E-state index contributed by atoms with van der Waals surface area (Å²) in [6, 6.07) is -0.284. The summed E-state index contributed by atoms with van der Waals surface area (Å²) in [4.78, 5) is 13.6. The maximum Gasteiger partial charge on any atom is 0.239 e. The van der Waals surface area contributed by atoms with Crippen LogP contribution in [0.15, 0.2) is 0 Å². The number of hydrogen-bond acceptors (Lipinski definition) is 3. The van der Waals surface area contributed by atoms with E-state index >= 15 is 0 Å². The predicted molar refractivity (Wildman–Crippen MR) is 57.0 cm³/mol. The van der Waals surface area contributed by atoms with Gasteiger partial charge in [0, 0.05) is 26.2 Å². The zero-order valence-corrected chi connectivity index (χ0v) is 8.96. The van der Waals surface area contributed by atoms with Crippen molar-refractivity contribution < 1.29 is 4.79 Å². The number of nitrogens with zero attached hydrogens (tertiary/aromatic N) is 1. The lowest BCUT2D eigenvalue weighted by Gasteiger charge is -2.29. The molecule has 0 unspecified atom stereocenters. The van der Waals surface area contributed by atoms with Crippen LogP contribution in [0.1, 0.15) is 26.2 Å². The van der Waals surface area contributed by atoms with Gasteiger partial charge in [-0.3, -0.25) is 4.79 Å². The highest BCUT2D eigenvalue weighted by Crippen LogP contribution is 2.03. The van der Waals surface area contributed by atoms with Gasteiger partial charge in [0.1, 0.15) is 0 Å². The number of nitrogens with one attached hydrogen (secondary N) is 1. The molecule has 14 heavy (non-hydrogen) atoms. The van der Waals surface area contributed by atoms with E-state index in [4.69, 9.17) is 5.73 Å². The third-order valence-electron chi connectivity index (χ3n) is 2.61. The first kappa shape index (κ1) is 11.5. The second-order valence-electron chi connectivity index (χ2n) is 3.82. The third-order valence-corrected chi connectivity index (χ3v) is 2.61. The van der Waals surface area contributed by atoms with Gasteiger partial charge in [0.15, 0.2) is 0 Å². The van der Waals surface area contributed by atoms with Crippen molar-refractivity contribution in [3.8, 4) is 0 Å². The molecule has 0 aromatic heterocycles. The summed E-state index contributed by atoms with van der Waals surface area (Å²) < 4.78 is 0. The summed E-state index contributed by atoms with van der Waals surface area (Å²) in [7, 11) is 0. The molecule has 0 aromatic rings. The van der Waals surface area contributed by atoms with Crippen LogP contribution < -0.4 is 11.1 Å². The molecule has 1 heterocycles. The van der Waals surface area contributed by atoms with E-state index in [2.05, 4.69) is 12.2 Å². The Morgan fingerprint density at radius 1 is 1.50 bits per heavy atom. The average molecular weight is 199 g/mol. The molecule has 0 aromatic carbocycles. The monoisotopic (exact) mass is 199 g/mol. The number of rotatable bonds is 4. The molecular formula is C10H21N3O. The summed E-state index contributed by atoms with van der Waals surface area (Å²) in [5.41, 5.74) is 5.82. The van der Waals surface area contributed by atoms with Gasteiger partial charge in [-0.1, -0.05) is 19.8 Å². The topological polar surface area (TPSA) is 58.4 Å². The summed E-state index contributed by atoms with van der Waals surface area (Å²) in [6.07, 6.45) is 2.96. The van der Waals surface area contributed by atoms with E-state index in [0.29, 0.717) is 0 Å². The van der Waals surface area contributed by atoms with Gasteiger partial charge < -0.3 is 16.0 Å². The standard InChI is InChI=1S/C10H21N3O/c1-2-3-4-9(11)10(14)13-7-5-12-6-8-13/h9,12H,2-8,11H2,1H3/t9-/m0/s1. The Morgan fingerprint density at radius 3 is 2.71 bits per heavy atom. The second kappa shape index (κ2) is 5.98. The minimum atomic E-state index is -0.284. The lowest BCUT2D eigenvalue weighted by atomic mass is 10.1. The number of hydrogen-bond donors (Lipinski definition) is 2. The van der Waals surface area contributed by atoms with Gasteiger partial charge in [-0.2, -0.15) is 0 Å². The minimum absolute atomic E-state index is 0.125.